The van der Waals surface area contributed by atoms with Crippen molar-refractivity contribution in [2.24, 2.45) is 0 Å². The highest BCUT2D eigenvalue weighted by molar-refractivity contribution is 5.81. The quantitative estimate of drug-likeness (QED) is 0.877. The maximum absolute atomic E-state index is 11.6. The van der Waals surface area contributed by atoms with Crippen molar-refractivity contribution in [1.82, 2.24) is 10.2 Å². The van der Waals surface area contributed by atoms with Gasteiger partial charge in [0.25, 0.3) is 0 Å². The number of likely N-dealkylation sites (N-methyl/N-ethyl adjacent to an activating group) is 1. The Balaban J connectivity index is 1.93. The fourth-order valence-electron chi connectivity index (χ4n) is 1.79. The zero-order valence-electron chi connectivity index (χ0n) is 10.8. The van der Waals surface area contributed by atoms with Gasteiger partial charge in [-0.05, 0) is 13.0 Å². The molecule has 0 aliphatic rings. The molecule has 0 saturated carbocycles. The highest BCUT2D eigenvalue weighted by Gasteiger charge is 2.07. The van der Waals surface area contributed by atoms with Crippen LogP contribution in [0.5, 0.6) is 0 Å². The molecule has 0 atom stereocenters. The van der Waals surface area contributed by atoms with Crippen LogP contribution in [-0.2, 0) is 11.3 Å². The first-order valence-corrected chi connectivity index (χ1v) is 6.12. The lowest BCUT2D eigenvalue weighted by Gasteiger charge is -2.14. The molecule has 2 aromatic rings. The van der Waals surface area contributed by atoms with Crippen LogP contribution in [0.2, 0.25) is 0 Å². The maximum atomic E-state index is 11.6. The summed E-state index contributed by atoms with van der Waals surface area (Å²) in [5.41, 5.74) is 1.96. The van der Waals surface area contributed by atoms with E-state index in [1.54, 1.807) is 18.2 Å². The summed E-state index contributed by atoms with van der Waals surface area (Å²) in [6.45, 7) is 3.68. The molecule has 4 nitrogen and oxygen atoms in total. The molecule has 0 fully saturated rings. The van der Waals surface area contributed by atoms with Crippen LogP contribution in [0.15, 0.2) is 34.9 Å². The van der Waals surface area contributed by atoms with Gasteiger partial charge in [0.1, 0.15) is 5.58 Å². The summed E-state index contributed by atoms with van der Waals surface area (Å²) in [6, 6.07) is 7.89. The molecule has 18 heavy (non-hydrogen) atoms. The van der Waals surface area contributed by atoms with Crippen LogP contribution < -0.4 is 5.32 Å². The number of hydrogen-bond acceptors (Lipinski definition) is 3. The van der Waals surface area contributed by atoms with Gasteiger partial charge < -0.3 is 14.6 Å². The molecule has 1 amide bonds. The van der Waals surface area contributed by atoms with Crippen LogP contribution in [0.3, 0.4) is 0 Å². The molecule has 2 rings (SSSR count). The van der Waals surface area contributed by atoms with E-state index in [-0.39, 0.29) is 5.91 Å². The van der Waals surface area contributed by atoms with Crippen molar-refractivity contribution in [1.29, 1.82) is 0 Å². The van der Waals surface area contributed by atoms with Crippen molar-refractivity contribution in [3.05, 3.63) is 36.1 Å². The van der Waals surface area contributed by atoms with Gasteiger partial charge in [-0.1, -0.05) is 18.2 Å². The summed E-state index contributed by atoms with van der Waals surface area (Å²) in [6.07, 6.45) is 1.74. The topological polar surface area (TPSA) is 45.5 Å². The summed E-state index contributed by atoms with van der Waals surface area (Å²) in [5.74, 6) is 0.102. The molecule has 0 saturated heterocycles. The number of benzene rings is 1. The standard InChI is InChI=1S/C14H18N2O2/c1-3-16(2)14(17)9-15-8-11-10-18-13-7-5-4-6-12(11)13/h4-7,10,15H,3,8-9H2,1-2H3. The normalized spacial score (nSPS) is 10.8. The Morgan fingerprint density at radius 3 is 2.94 bits per heavy atom. The second-order valence-electron chi connectivity index (χ2n) is 4.27. The molecule has 1 heterocycles. The average molecular weight is 246 g/mol. The van der Waals surface area contributed by atoms with Gasteiger partial charge in [-0.25, -0.2) is 0 Å². The first-order chi connectivity index (χ1) is 8.72. The maximum Gasteiger partial charge on any atom is 0.236 e. The molecule has 1 N–H and O–H groups in total. The molecular formula is C14H18N2O2. The van der Waals surface area contributed by atoms with Crippen LogP contribution >= 0.6 is 0 Å². The SMILES string of the molecule is CCN(C)C(=O)CNCc1coc2ccccc12. The molecule has 0 aliphatic carbocycles. The monoisotopic (exact) mass is 246 g/mol. The summed E-state index contributed by atoms with van der Waals surface area (Å²) in [5, 5.41) is 4.24. The van der Waals surface area contributed by atoms with Gasteiger partial charge in [-0.15, -0.1) is 0 Å². The third kappa shape index (κ3) is 2.71. The molecule has 0 aliphatic heterocycles. The molecule has 0 radical (unpaired) electrons. The Hall–Kier alpha value is -1.81. The third-order valence-electron chi connectivity index (χ3n) is 3.05. The van der Waals surface area contributed by atoms with Gasteiger partial charge in [0.15, 0.2) is 0 Å². The molecule has 0 bridgehead atoms. The van der Waals surface area contributed by atoms with E-state index in [0.29, 0.717) is 13.1 Å². The highest BCUT2D eigenvalue weighted by Crippen LogP contribution is 2.20. The fourth-order valence-corrected chi connectivity index (χ4v) is 1.79. The minimum absolute atomic E-state index is 0.102. The van der Waals surface area contributed by atoms with Gasteiger partial charge >= 0.3 is 0 Å². The van der Waals surface area contributed by atoms with Crippen LogP contribution in [0.4, 0.5) is 0 Å². The Kier molecular flexibility index (Phi) is 3.99. The number of fused-ring (bicyclic) bond motifs is 1. The van der Waals surface area contributed by atoms with Gasteiger partial charge in [0.05, 0.1) is 12.8 Å². The molecule has 1 aromatic carbocycles. The number of nitrogens with one attached hydrogen (secondary N) is 1. The Morgan fingerprint density at radius 1 is 1.39 bits per heavy atom. The molecule has 1 aromatic heterocycles. The number of amides is 1. The second-order valence-corrected chi connectivity index (χ2v) is 4.27. The van der Waals surface area contributed by atoms with Gasteiger partial charge in [0.2, 0.25) is 5.91 Å². The highest BCUT2D eigenvalue weighted by atomic mass is 16.3. The first-order valence-electron chi connectivity index (χ1n) is 6.12. The van der Waals surface area contributed by atoms with Gasteiger partial charge in [-0.3, -0.25) is 4.79 Å². The minimum atomic E-state index is 0.102. The largest absolute Gasteiger partial charge is 0.464 e. The predicted molar refractivity (Wildman–Crippen MR) is 71.2 cm³/mol. The Labute approximate surface area is 107 Å². The van der Waals surface area contributed by atoms with E-state index in [1.165, 1.54) is 0 Å². The summed E-state index contributed by atoms with van der Waals surface area (Å²) < 4.78 is 5.44. The van der Waals surface area contributed by atoms with Crippen LogP contribution in [0.25, 0.3) is 11.0 Å². The van der Waals surface area contributed by atoms with Crippen LogP contribution in [0.1, 0.15) is 12.5 Å². The lowest BCUT2D eigenvalue weighted by Crippen LogP contribution is -2.35. The van der Waals surface area contributed by atoms with E-state index < -0.39 is 0 Å². The van der Waals surface area contributed by atoms with Gasteiger partial charge in [-0.2, -0.15) is 0 Å². The lowest BCUT2D eigenvalue weighted by molar-refractivity contribution is -0.128. The average Bonchev–Trinajstić information content (AvgIpc) is 2.81. The number of furan rings is 1. The van der Waals surface area contributed by atoms with Crippen molar-refractivity contribution in [2.45, 2.75) is 13.5 Å². The number of carbonyl (C=O) groups is 1. The lowest BCUT2D eigenvalue weighted by atomic mass is 10.2. The summed E-state index contributed by atoms with van der Waals surface area (Å²) in [4.78, 5) is 13.3. The first kappa shape index (κ1) is 12.6. The summed E-state index contributed by atoms with van der Waals surface area (Å²) >= 11 is 0. The van der Waals surface area contributed by atoms with Crippen molar-refractivity contribution in [3.63, 3.8) is 0 Å². The van der Waals surface area contributed by atoms with E-state index in [4.69, 9.17) is 4.42 Å². The van der Waals surface area contributed by atoms with Crippen molar-refractivity contribution >= 4 is 16.9 Å². The molecule has 0 spiro atoms. The molecular weight excluding hydrogens is 228 g/mol. The van der Waals surface area contributed by atoms with Crippen molar-refractivity contribution < 1.29 is 9.21 Å². The molecule has 0 unspecified atom stereocenters. The van der Waals surface area contributed by atoms with E-state index in [0.717, 1.165) is 23.1 Å². The molecule has 4 heteroatoms. The minimum Gasteiger partial charge on any atom is -0.464 e. The number of rotatable bonds is 5. The second kappa shape index (κ2) is 5.69. The van der Waals surface area contributed by atoms with E-state index >= 15 is 0 Å². The number of nitrogens with zero attached hydrogens (tertiary/aromatic N) is 1. The smallest absolute Gasteiger partial charge is 0.236 e. The number of hydrogen-bond donors (Lipinski definition) is 1. The Bertz CT molecular complexity index is 533. The zero-order valence-corrected chi connectivity index (χ0v) is 10.8. The fraction of sp³-hybridized carbons (Fsp3) is 0.357. The summed E-state index contributed by atoms with van der Waals surface area (Å²) in [7, 11) is 1.80. The van der Waals surface area contributed by atoms with Gasteiger partial charge in [0, 0.05) is 31.1 Å². The van der Waals surface area contributed by atoms with E-state index in [2.05, 4.69) is 5.32 Å². The van der Waals surface area contributed by atoms with Crippen LogP contribution in [0, 0.1) is 0 Å². The van der Waals surface area contributed by atoms with Crippen molar-refractivity contribution in [2.75, 3.05) is 20.1 Å². The molecule has 96 valence electrons. The van der Waals surface area contributed by atoms with E-state index in [1.807, 2.05) is 31.2 Å². The van der Waals surface area contributed by atoms with E-state index in [9.17, 15) is 4.79 Å². The van der Waals surface area contributed by atoms with Crippen LogP contribution in [-0.4, -0.2) is 30.9 Å². The predicted octanol–water partition coefficient (Wildman–Crippen LogP) is 2.00. The number of para-hydroxylation sites is 1. The Morgan fingerprint density at radius 2 is 2.17 bits per heavy atom. The zero-order chi connectivity index (χ0) is 13.0. The van der Waals surface area contributed by atoms with Crippen molar-refractivity contribution in [3.8, 4) is 0 Å². The third-order valence-corrected chi connectivity index (χ3v) is 3.05. The number of carbonyl (C=O) groups excluding carboxylic acids is 1.